The highest BCUT2D eigenvalue weighted by molar-refractivity contribution is 4.58. The minimum absolute atomic E-state index is 1.09. The normalized spacial score (nSPS) is 11.5. The lowest BCUT2D eigenvalue weighted by atomic mass is 10.1. The number of aromatic nitrogens is 3. The summed E-state index contributed by atoms with van der Waals surface area (Å²) in [4.78, 5) is 0. The standard InChI is InChI=1S/C30H60N3/c1-3-5-7-9-11-13-15-17-19-21-23-25-27-32-29-30-33(31-32)28-26-24-22-20-18-16-14-12-10-8-6-4-2/h29-30H,3-28H2,1-2H3/q+1. The summed E-state index contributed by atoms with van der Waals surface area (Å²) in [5, 5.41) is 4.72. The van der Waals surface area contributed by atoms with Crippen LogP contribution in [-0.2, 0) is 13.1 Å². The largest absolute Gasteiger partial charge is 0.155 e. The van der Waals surface area contributed by atoms with E-state index >= 15 is 0 Å². The van der Waals surface area contributed by atoms with E-state index in [1.807, 2.05) is 0 Å². The van der Waals surface area contributed by atoms with Crippen LogP contribution in [0.3, 0.4) is 0 Å². The molecule has 0 saturated heterocycles. The van der Waals surface area contributed by atoms with Gasteiger partial charge in [0.1, 0.15) is 13.1 Å². The van der Waals surface area contributed by atoms with Gasteiger partial charge in [0.2, 0.25) is 0 Å². The first-order valence-corrected chi connectivity index (χ1v) is 15.3. The molecule has 1 rings (SSSR count). The van der Waals surface area contributed by atoms with Gasteiger partial charge in [-0.2, -0.15) is 0 Å². The fraction of sp³-hybridized carbons (Fsp3) is 0.933. The van der Waals surface area contributed by atoms with Gasteiger partial charge in [-0.15, -0.1) is 9.36 Å². The lowest BCUT2D eigenvalue weighted by molar-refractivity contribution is -0.755. The van der Waals surface area contributed by atoms with Crippen molar-refractivity contribution < 1.29 is 4.68 Å². The van der Waals surface area contributed by atoms with Gasteiger partial charge in [-0.1, -0.05) is 142 Å². The molecule has 194 valence electrons. The van der Waals surface area contributed by atoms with Crippen molar-refractivity contribution in [2.75, 3.05) is 0 Å². The van der Waals surface area contributed by atoms with E-state index in [1.54, 1.807) is 0 Å². The zero-order chi connectivity index (χ0) is 23.7. The number of rotatable bonds is 26. The van der Waals surface area contributed by atoms with Gasteiger partial charge in [-0.3, -0.25) is 0 Å². The van der Waals surface area contributed by atoms with Crippen LogP contribution in [0.2, 0.25) is 0 Å². The van der Waals surface area contributed by atoms with E-state index in [2.05, 4.69) is 35.6 Å². The molecule has 33 heavy (non-hydrogen) atoms. The van der Waals surface area contributed by atoms with Crippen LogP contribution in [0.25, 0.3) is 0 Å². The fourth-order valence-electron chi connectivity index (χ4n) is 4.83. The van der Waals surface area contributed by atoms with E-state index in [4.69, 9.17) is 5.21 Å². The van der Waals surface area contributed by atoms with Crippen LogP contribution in [0, 0.1) is 0 Å². The smallest absolute Gasteiger partial charge is 0.138 e. The Morgan fingerprint density at radius 1 is 0.485 bits per heavy atom. The molecule has 0 unspecified atom stereocenters. The summed E-state index contributed by atoms with van der Waals surface area (Å²) in [6.07, 6.45) is 38.2. The van der Waals surface area contributed by atoms with Gasteiger partial charge < -0.3 is 0 Å². The first kappa shape index (κ1) is 30.2. The topological polar surface area (TPSA) is 21.7 Å². The molecule has 0 amide bonds. The summed E-state index contributed by atoms with van der Waals surface area (Å²) >= 11 is 0. The van der Waals surface area contributed by atoms with Gasteiger partial charge in [0.25, 0.3) is 0 Å². The van der Waals surface area contributed by atoms with Gasteiger partial charge in [-0.25, -0.2) is 0 Å². The summed E-state index contributed by atoms with van der Waals surface area (Å²) in [6.45, 7) is 6.76. The Bertz CT molecular complexity index is 454. The van der Waals surface area contributed by atoms with E-state index in [-0.39, 0.29) is 0 Å². The van der Waals surface area contributed by atoms with E-state index in [9.17, 15) is 0 Å². The van der Waals surface area contributed by atoms with E-state index in [0.29, 0.717) is 0 Å². The third-order valence-corrected chi connectivity index (χ3v) is 7.12. The maximum Gasteiger partial charge on any atom is 0.155 e. The summed E-state index contributed by atoms with van der Waals surface area (Å²) in [6, 6.07) is 0. The Hall–Kier alpha value is -0.860. The Balaban J connectivity index is 1.84. The van der Waals surface area contributed by atoms with Crippen LogP contribution >= 0.6 is 0 Å². The third-order valence-electron chi connectivity index (χ3n) is 7.12. The first-order valence-electron chi connectivity index (χ1n) is 15.3. The molecule has 1 aromatic rings. The maximum absolute atomic E-state index is 4.72. The summed E-state index contributed by atoms with van der Waals surface area (Å²) in [5.41, 5.74) is 0. The molecule has 0 aromatic carbocycles. The van der Waals surface area contributed by atoms with Crippen molar-refractivity contribution in [3.8, 4) is 0 Å². The lowest BCUT2D eigenvalue weighted by Gasteiger charge is -2.02. The van der Waals surface area contributed by atoms with Crippen LogP contribution in [0.15, 0.2) is 12.4 Å². The molecular formula is C30H60N3+. The van der Waals surface area contributed by atoms with Gasteiger partial charge in [0.05, 0.1) is 5.21 Å². The fourth-order valence-corrected chi connectivity index (χ4v) is 4.83. The second kappa shape index (κ2) is 24.3. The monoisotopic (exact) mass is 462 g/mol. The lowest BCUT2D eigenvalue weighted by Crippen LogP contribution is -2.36. The highest BCUT2D eigenvalue weighted by Crippen LogP contribution is 2.13. The van der Waals surface area contributed by atoms with Crippen molar-refractivity contribution >= 4 is 0 Å². The summed E-state index contributed by atoms with van der Waals surface area (Å²) < 4.78 is 4.30. The molecule has 1 heterocycles. The minimum atomic E-state index is 1.09. The van der Waals surface area contributed by atoms with Crippen molar-refractivity contribution in [2.45, 2.75) is 181 Å². The van der Waals surface area contributed by atoms with Crippen LogP contribution in [0.5, 0.6) is 0 Å². The molecule has 0 aliphatic heterocycles. The van der Waals surface area contributed by atoms with Crippen molar-refractivity contribution in [1.29, 1.82) is 0 Å². The Kier molecular flexibility index (Phi) is 22.2. The Morgan fingerprint density at radius 2 is 0.848 bits per heavy atom. The van der Waals surface area contributed by atoms with Crippen molar-refractivity contribution in [1.82, 2.24) is 9.90 Å². The number of aryl methyl sites for hydroxylation is 2. The molecule has 1 aromatic heterocycles. The molecule has 0 spiro atoms. The van der Waals surface area contributed by atoms with Gasteiger partial charge in [0, 0.05) is 0 Å². The molecule has 0 N–H and O–H groups in total. The highest BCUT2D eigenvalue weighted by Gasteiger charge is 2.05. The molecule has 3 nitrogen and oxygen atoms in total. The van der Waals surface area contributed by atoms with Gasteiger partial charge in [0.15, 0.2) is 12.4 Å². The van der Waals surface area contributed by atoms with Gasteiger partial charge in [-0.05, 0) is 25.7 Å². The molecule has 0 atom stereocenters. The van der Waals surface area contributed by atoms with Crippen LogP contribution in [0.4, 0.5) is 0 Å². The predicted molar refractivity (Wildman–Crippen MR) is 145 cm³/mol. The third kappa shape index (κ3) is 20.2. The zero-order valence-electron chi connectivity index (χ0n) is 22.9. The average molecular weight is 463 g/mol. The molecule has 0 fully saturated rings. The number of nitrogens with zero attached hydrogens (tertiary/aromatic N) is 3. The molecule has 0 aliphatic rings. The number of hydrogen-bond donors (Lipinski definition) is 0. The Labute approximate surface area is 208 Å². The number of unbranched alkanes of at least 4 members (excludes halogenated alkanes) is 22. The SMILES string of the molecule is CCCCCCCCCCCCCCn1cc[n+](CCCCCCCCCCCCCC)n1. The Morgan fingerprint density at radius 3 is 1.27 bits per heavy atom. The second-order valence-corrected chi connectivity index (χ2v) is 10.5. The molecule has 3 heteroatoms. The van der Waals surface area contributed by atoms with Crippen molar-refractivity contribution in [2.24, 2.45) is 0 Å². The van der Waals surface area contributed by atoms with Crippen molar-refractivity contribution in [3.63, 3.8) is 0 Å². The van der Waals surface area contributed by atoms with Crippen LogP contribution in [0.1, 0.15) is 168 Å². The first-order chi connectivity index (χ1) is 16.4. The highest BCUT2D eigenvalue weighted by atomic mass is 15.5. The van der Waals surface area contributed by atoms with Crippen LogP contribution < -0.4 is 4.68 Å². The molecule has 0 radical (unpaired) electrons. The van der Waals surface area contributed by atoms with E-state index in [0.717, 1.165) is 13.1 Å². The summed E-state index contributed by atoms with van der Waals surface area (Å²) in [7, 11) is 0. The maximum atomic E-state index is 4.72. The predicted octanol–water partition coefficient (Wildman–Crippen LogP) is 9.57. The minimum Gasteiger partial charge on any atom is -0.138 e. The molecule has 0 bridgehead atoms. The van der Waals surface area contributed by atoms with E-state index < -0.39 is 0 Å². The second-order valence-electron chi connectivity index (χ2n) is 10.5. The van der Waals surface area contributed by atoms with Crippen molar-refractivity contribution in [3.05, 3.63) is 12.4 Å². The average Bonchev–Trinajstić information content (AvgIpc) is 3.28. The molecular weight excluding hydrogens is 402 g/mol. The van der Waals surface area contributed by atoms with E-state index in [1.165, 1.54) is 154 Å². The molecule has 0 aliphatic carbocycles. The van der Waals surface area contributed by atoms with Gasteiger partial charge >= 0.3 is 0 Å². The zero-order valence-corrected chi connectivity index (χ0v) is 22.9. The quantitative estimate of drug-likeness (QED) is 0.0991. The summed E-state index contributed by atoms with van der Waals surface area (Å²) in [5.74, 6) is 0. The molecule has 0 saturated carbocycles. The number of hydrogen-bond acceptors (Lipinski definition) is 1. The van der Waals surface area contributed by atoms with Crippen LogP contribution in [-0.4, -0.2) is 9.90 Å².